The van der Waals surface area contributed by atoms with Crippen molar-refractivity contribution in [3.05, 3.63) is 113 Å². The molecular formula is C26H25N3O3. The van der Waals surface area contributed by atoms with Crippen LogP contribution in [0.1, 0.15) is 49.7 Å². The zero-order chi connectivity index (χ0) is 22.5. The van der Waals surface area contributed by atoms with Gasteiger partial charge >= 0.3 is 5.97 Å². The molecule has 4 aromatic rings. The topological polar surface area (TPSA) is 77.1 Å². The minimum atomic E-state index is -0.935. The fraction of sp³-hybridized carbons (Fsp3) is 0.192. The average Bonchev–Trinajstić information content (AvgIpc) is 3.44. The smallest absolute Gasteiger partial charge is 0.336 e. The van der Waals surface area contributed by atoms with Crippen LogP contribution in [0.25, 0.3) is 0 Å². The first-order valence-electron chi connectivity index (χ1n) is 10.6. The van der Waals surface area contributed by atoms with Crippen LogP contribution in [0.15, 0.2) is 79.1 Å². The molecule has 6 heteroatoms. The molecule has 0 fully saturated rings. The van der Waals surface area contributed by atoms with Crippen LogP contribution < -0.4 is 0 Å². The molecule has 0 aliphatic heterocycles. The van der Waals surface area contributed by atoms with Crippen LogP contribution in [0.5, 0.6) is 0 Å². The molecule has 0 radical (unpaired) electrons. The Balaban J connectivity index is 1.36. The summed E-state index contributed by atoms with van der Waals surface area (Å²) in [6.07, 6.45) is 5.41. The number of nitrogens with zero attached hydrogens (tertiary/aromatic N) is 3. The Hall–Kier alpha value is -3.93. The second kappa shape index (κ2) is 9.47. The fourth-order valence-electron chi connectivity index (χ4n) is 3.77. The standard InChI is InChI=1S/C26H25N3O3/c1-19-10-12-20(13-11-19)25(30)24-9-5-16-28(24)15-4-7-22-14-17-29(27-22)18-21-6-2-3-8-23(21)26(31)32/h2-3,5-6,8-14,16-17H,4,7,15,18H2,1H3,(H,31,32). The number of benzene rings is 2. The van der Waals surface area contributed by atoms with Crippen molar-refractivity contribution >= 4 is 11.8 Å². The van der Waals surface area contributed by atoms with E-state index in [4.69, 9.17) is 0 Å². The van der Waals surface area contributed by atoms with Crippen molar-refractivity contribution in [3.63, 3.8) is 0 Å². The normalized spacial score (nSPS) is 10.9. The highest BCUT2D eigenvalue weighted by molar-refractivity contribution is 6.08. The molecule has 0 spiro atoms. The number of carboxylic acid groups (broad SMARTS) is 1. The quantitative estimate of drug-likeness (QED) is 0.396. The summed E-state index contributed by atoms with van der Waals surface area (Å²) < 4.78 is 3.75. The summed E-state index contributed by atoms with van der Waals surface area (Å²) in [5.74, 6) is -0.910. The molecule has 0 aliphatic carbocycles. The summed E-state index contributed by atoms with van der Waals surface area (Å²) in [6, 6.07) is 20.3. The second-order valence-electron chi connectivity index (χ2n) is 7.85. The van der Waals surface area contributed by atoms with Gasteiger partial charge in [0.1, 0.15) is 0 Å². The molecule has 162 valence electrons. The third-order valence-corrected chi connectivity index (χ3v) is 5.48. The zero-order valence-electron chi connectivity index (χ0n) is 17.9. The van der Waals surface area contributed by atoms with Gasteiger partial charge in [-0.2, -0.15) is 5.10 Å². The van der Waals surface area contributed by atoms with Crippen molar-refractivity contribution in [2.75, 3.05) is 0 Å². The summed E-state index contributed by atoms with van der Waals surface area (Å²) in [5.41, 5.74) is 4.46. The van der Waals surface area contributed by atoms with Gasteiger partial charge in [0, 0.05) is 24.5 Å². The number of hydrogen-bond acceptors (Lipinski definition) is 3. The van der Waals surface area contributed by atoms with Gasteiger partial charge in [-0.25, -0.2) is 4.79 Å². The molecule has 2 aromatic heterocycles. The Morgan fingerprint density at radius 1 is 0.938 bits per heavy atom. The van der Waals surface area contributed by atoms with Crippen molar-refractivity contribution in [2.24, 2.45) is 0 Å². The summed E-state index contributed by atoms with van der Waals surface area (Å²) in [6.45, 7) is 3.13. The monoisotopic (exact) mass is 427 g/mol. The Morgan fingerprint density at radius 2 is 1.72 bits per heavy atom. The maximum atomic E-state index is 12.8. The van der Waals surface area contributed by atoms with Crippen LogP contribution in [0.2, 0.25) is 0 Å². The van der Waals surface area contributed by atoms with Crippen LogP contribution in [-0.4, -0.2) is 31.2 Å². The highest BCUT2D eigenvalue weighted by Gasteiger charge is 2.13. The number of carbonyl (C=O) groups is 2. The van der Waals surface area contributed by atoms with Gasteiger partial charge in [0.2, 0.25) is 5.78 Å². The maximum Gasteiger partial charge on any atom is 0.336 e. The third-order valence-electron chi connectivity index (χ3n) is 5.48. The van der Waals surface area contributed by atoms with Gasteiger partial charge in [0.25, 0.3) is 0 Å². The average molecular weight is 428 g/mol. The van der Waals surface area contributed by atoms with Gasteiger partial charge in [-0.15, -0.1) is 0 Å². The van der Waals surface area contributed by atoms with E-state index in [0.717, 1.165) is 29.7 Å². The lowest BCUT2D eigenvalue weighted by Gasteiger charge is -2.08. The van der Waals surface area contributed by atoms with Gasteiger partial charge in [-0.3, -0.25) is 9.48 Å². The van der Waals surface area contributed by atoms with Crippen LogP contribution in [0, 0.1) is 6.92 Å². The number of ketones is 1. The molecular weight excluding hydrogens is 402 g/mol. The highest BCUT2D eigenvalue weighted by atomic mass is 16.4. The lowest BCUT2D eigenvalue weighted by molar-refractivity contribution is 0.0695. The lowest BCUT2D eigenvalue weighted by Crippen LogP contribution is -2.10. The second-order valence-corrected chi connectivity index (χ2v) is 7.85. The third kappa shape index (κ3) is 4.86. The summed E-state index contributed by atoms with van der Waals surface area (Å²) in [5, 5.41) is 13.9. The Labute approximate surface area is 186 Å². The number of aromatic carboxylic acids is 1. The number of carbonyl (C=O) groups excluding carboxylic acids is 1. The molecule has 2 heterocycles. The Bertz CT molecular complexity index is 1240. The van der Waals surface area contributed by atoms with E-state index < -0.39 is 5.97 Å². The zero-order valence-corrected chi connectivity index (χ0v) is 17.9. The van der Waals surface area contributed by atoms with Crippen LogP contribution >= 0.6 is 0 Å². The molecule has 2 aromatic carbocycles. The molecule has 0 unspecified atom stereocenters. The van der Waals surface area contributed by atoms with Gasteiger partial charge in [0.15, 0.2) is 0 Å². The van der Waals surface area contributed by atoms with Gasteiger partial charge < -0.3 is 9.67 Å². The van der Waals surface area contributed by atoms with Crippen molar-refractivity contribution in [2.45, 2.75) is 32.9 Å². The van der Waals surface area contributed by atoms with Gasteiger partial charge in [-0.1, -0.05) is 48.0 Å². The first kappa shape index (κ1) is 21.3. The Kier molecular flexibility index (Phi) is 6.31. The highest BCUT2D eigenvalue weighted by Crippen LogP contribution is 2.14. The van der Waals surface area contributed by atoms with E-state index in [-0.39, 0.29) is 5.78 Å². The van der Waals surface area contributed by atoms with Gasteiger partial charge in [0.05, 0.1) is 23.5 Å². The molecule has 0 saturated carbocycles. The van der Waals surface area contributed by atoms with Crippen molar-refractivity contribution in [1.29, 1.82) is 0 Å². The summed E-state index contributed by atoms with van der Waals surface area (Å²) in [7, 11) is 0. The molecule has 0 bridgehead atoms. The number of aromatic nitrogens is 3. The molecule has 0 atom stereocenters. The van der Waals surface area contributed by atoms with E-state index in [0.29, 0.717) is 29.9 Å². The molecule has 32 heavy (non-hydrogen) atoms. The molecule has 0 amide bonds. The van der Waals surface area contributed by atoms with E-state index in [2.05, 4.69) is 5.10 Å². The van der Waals surface area contributed by atoms with Crippen LogP contribution in [0.4, 0.5) is 0 Å². The first-order valence-corrected chi connectivity index (χ1v) is 10.6. The predicted molar refractivity (Wildman–Crippen MR) is 122 cm³/mol. The summed E-state index contributed by atoms with van der Waals surface area (Å²) >= 11 is 0. The number of rotatable bonds is 9. The molecule has 0 aliphatic rings. The minimum Gasteiger partial charge on any atom is -0.478 e. The van der Waals surface area contributed by atoms with Crippen molar-refractivity contribution in [3.8, 4) is 0 Å². The number of carboxylic acids is 1. The first-order chi connectivity index (χ1) is 15.5. The van der Waals surface area contributed by atoms with E-state index >= 15 is 0 Å². The van der Waals surface area contributed by atoms with E-state index in [9.17, 15) is 14.7 Å². The summed E-state index contributed by atoms with van der Waals surface area (Å²) in [4.78, 5) is 24.2. The number of hydrogen-bond donors (Lipinski definition) is 1. The van der Waals surface area contributed by atoms with Gasteiger partial charge in [-0.05, 0) is 49.6 Å². The van der Waals surface area contributed by atoms with E-state index in [1.807, 2.05) is 78.5 Å². The molecule has 0 saturated heterocycles. The maximum absolute atomic E-state index is 12.8. The van der Waals surface area contributed by atoms with Crippen LogP contribution in [-0.2, 0) is 19.5 Å². The molecule has 6 nitrogen and oxygen atoms in total. The SMILES string of the molecule is Cc1ccc(C(=O)c2cccn2CCCc2ccn(Cc3ccccc3C(=O)O)n2)cc1. The Morgan fingerprint density at radius 3 is 2.50 bits per heavy atom. The molecule has 1 N–H and O–H groups in total. The largest absolute Gasteiger partial charge is 0.478 e. The molecule has 4 rings (SSSR count). The van der Waals surface area contributed by atoms with E-state index in [1.165, 1.54) is 0 Å². The lowest BCUT2D eigenvalue weighted by atomic mass is 10.1. The van der Waals surface area contributed by atoms with Crippen LogP contribution in [0.3, 0.4) is 0 Å². The van der Waals surface area contributed by atoms with E-state index in [1.54, 1.807) is 16.8 Å². The fourth-order valence-corrected chi connectivity index (χ4v) is 3.77. The number of aryl methyl sites for hydroxylation is 3. The minimum absolute atomic E-state index is 0.0244. The van der Waals surface area contributed by atoms with Crippen molar-refractivity contribution in [1.82, 2.24) is 14.3 Å². The van der Waals surface area contributed by atoms with Crippen molar-refractivity contribution < 1.29 is 14.7 Å². The predicted octanol–water partition coefficient (Wildman–Crippen LogP) is 4.60.